The molecule has 138 valence electrons. The summed E-state index contributed by atoms with van der Waals surface area (Å²) in [5, 5.41) is 0. The first-order chi connectivity index (χ1) is 11.6. The van der Waals surface area contributed by atoms with Gasteiger partial charge in [-0.2, -0.15) is 0 Å². The van der Waals surface area contributed by atoms with Gasteiger partial charge in [-0.1, -0.05) is 40.7 Å². The zero-order valence-electron chi connectivity index (χ0n) is 17.8. The molecule has 25 heavy (non-hydrogen) atoms. The maximum absolute atomic E-state index is 2.64. The number of aryl methyl sites for hydroxylation is 1. The van der Waals surface area contributed by atoms with Gasteiger partial charge in [0, 0.05) is 0 Å². The maximum Gasteiger partial charge on any atom is -0.00993 e. The fourth-order valence-electron chi connectivity index (χ4n) is 7.55. The Morgan fingerprint density at radius 3 is 2.32 bits per heavy atom. The summed E-state index contributed by atoms with van der Waals surface area (Å²) in [6.45, 7) is 19.9. The van der Waals surface area contributed by atoms with Crippen LogP contribution in [0.3, 0.4) is 0 Å². The molecule has 1 aromatic rings. The molecular formula is C25H38. The van der Waals surface area contributed by atoms with E-state index in [0.29, 0.717) is 10.8 Å². The average molecular weight is 339 g/mol. The molecule has 3 aliphatic rings. The van der Waals surface area contributed by atoms with Crippen molar-refractivity contribution in [1.82, 2.24) is 0 Å². The predicted octanol–water partition coefficient (Wildman–Crippen LogP) is 6.99. The summed E-state index contributed by atoms with van der Waals surface area (Å²) in [5.41, 5.74) is 9.13. The molecule has 0 aromatic heterocycles. The zero-order chi connectivity index (χ0) is 18.3. The Balaban J connectivity index is 1.86. The molecule has 0 nitrogen and oxygen atoms in total. The summed E-state index contributed by atoms with van der Waals surface area (Å²) in [7, 11) is 0. The van der Waals surface area contributed by atoms with Crippen LogP contribution in [0, 0.1) is 55.3 Å². The van der Waals surface area contributed by atoms with Gasteiger partial charge in [-0.15, -0.1) is 0 Å². The molecule has 0 N–H and O–H groups in total. The smallest absolute Gasteiger partial charge is 0.00993 e. The normalized spacial score (nSPS) is 41.8. The van der Waals surface area contributed by atoms with E-state index >= 15 is 0 Å². The molecule has 2 saturated carbocycles. The quantitative estimate of drug-likeness (QED) is 0.478. The number of hydrogen-bond donors (Lipinski definition) is 0. The Kier molecular flexibility index (Phi) is 3.78. The van der Waals surface area contributed by atoms with E-state index in [2.05, 4.69) is 61.5 Å². The Morgan fingerprint density at radius 1 is 0.960 bits per heavy atom. The van der Waals surface area contributed by atoms with Crippen molar-refractivity contribution in [3.63, 3.8) is 0 Å². The van der Waals surface area contributed by atoms with Gasteiger partial charge in [0.1, 0.15) is 0 Å². The molecule has 0 aliphatic heterocycles. The fourth-order valence-corrected chi connectivity index (χ4v) is 7.55. The van der Waals surface area contributed by atoms with E-state index in [0.717, 1.165) is 29.6 Å². The van der Waals surface area contributed by atoms with Gasteiger partial charge >= 0.3 is 0 Å². The highest BCUT2D eigenvalue weighted by atomic mass is 14.6. The van der Waals surface area contributed by atoms with Crippen LogP contribution in [0.5, 0.6) is 0 Å². The summed E-state index contributed by atoms with van der Waals surface area (Å²) >= 11 is 0. The van der Waals surface area contributed by atoms with Crippen LogP contribution >= 0.6 is 0 Å². The topological polar surface area (TPSA) is 0 Å². The monoisotopic (exact) mass is 338 g/mol. The van der Waals surface area contributed by atoms with Gasteiger partial charge < -0.3 is 0 Å². The van der Waals surface area contributed by atoms with Crippen molar-refractivity contribution < 1.29 is 0 Å². The van der Waals surface area contributed by atoms with Crippen molar-refractivity contribution in [3.8, 4) is 0 Å². The van der Waals surface area contributed by atoms with Crippen LogP contribution < -0.4 is 0 Å². The van der Waals surface area contributed by atoms with Crippen LogP contribution in [0.4, 0.5) is 0 Å². The molecule has 0 radical (unpaired) electrons. The molecule has 0 amide bonds. The second-order valence-corrected chi connectivity index (χ2v) is 10.9. The lowest BCUT2D eigenvalue weighted by molar-refractivity contribution is -0.0511. The van der Waals surface area contributed by atoms with Gasteiger partial charge in [0.05, 0.1) is 0 Å². The van der Waals surface area contributed by atoms with Crippen molar-refractivity contribution >= 4 is 0 Å². The minimum atomic E-state index is 0.510. The van der Waals surface area contributed by atoms with Gasteiger partial charge in [0.2, 0.25) is 0 Å². The lowest BCUT2D eigenvalue weighted by Gasteiger charge is -2.58. The van der Waals surface area contributed by atoms with Crippen LogP contribution in [0.1, 0.15) is 87.6 Å². The predicted molar refractivity (Wildman–Crippen MR) is 108 cm³/mol. The molecular weight excluding hydrogens is 300 g/mol. The molecule has 0 saturated heterocycles. The van der Waals surface area contributed by atoms with Gasteiger partial charge in [-0.05, 0) is 115 Å². The number of benzene rings is 1. The van der Waals surface area contributed by atoms with E-state index in [-0.39, 0.29) is 0 Å². The third kappa shape index (κ3) is 2.18. The Morgan fingerprint density at radius 2 is 1.64 bits per heavy atom. The minimum absolute atomic E-state index is 0.510. The van der Waals surface area contributed by atoms with Crippen LogP contribution in [0.25, 0.3) is 0 Å². The Labute approximate surface area is 155 Å². The molecule has 5 unspecified atom stereocenters. The summed E-state index contributed by atoms with van der Waals surface area (Å²) in [6, 6.07) is 2.58. The molecule has 1 aromatic carbocycles. The van der Waals surface area contributed by atoms with E-state index < -0.39 is 0 Å². The molecule has 0 spiro atoms. The lowest BCUT2D eigenvalue weighted by atomic mass is 9.47. The molecule has 2 fully saturated rings. The van der Waals surface area contributed by atoms with Crippen molar-refractivity contribution in [2.45, 2.75) is 87.0 Å². The SMILES string of the molecule is Cc1cc2c(c(C)c1C)C[C@@H](C)C1C2C(C)CC2(C)C1CCC2(C)C. The van der Waals surface area contributed by atoms with E-state index in [1.54, 1.807) is 16.7 Å². The van der Waals surface area contributed by atoms with E-state index in [9.17, 15) is 0 Å². The molecule has 3 aliphatic carbocycles. The second kappa shape index (κ2) is 5.37. The van der Waals surface area contributed by atoms with Crippen molar-refractivity contribution in [1.29, 1.82) is 0 Å². The number of rotatable bonds is 0. The average Bonchev–Trinajstić information content (AvgIpc) is 2.76. The Bertz CT molecular complexity index is 709. The van der Waals surface area contributed by atoms with Gasteiger partial charge in [0.25, 0.3) is 0 Å². The second-order valence-electron chi connectivity index (χ2n) is 10.9. The largest absolute Gasteiger partial charge is 0.0619 e. The standard InChI is InChI=1S/C25H38/c1-14-11-20-19(18(5)17(14)4)12-15(2)23-21-9-10-24(6,7)25(21,8)13-16(3)22(20)23/h11,15-16,21-23H,9-10,12-13H2,1-8H3/t15-,16?,21?,22?,23?,25?/m1/s1. The molecule has 0 bridgehead atoms. The number of fused-ring (bicyclic) bond motifs is 5. The zero-order valence-corrected chi connectivity index (χ0v) is 17.8. The molecule has 0 heteroatoms. The number of hydrogen-bond acceptors (Lipinski definition) is 0. The molecule has 4 rings (SSSR count). The summed E-state index contributed by atoms with van der Waals surface area (Å²) < 4.78 is 0. The van der Waals surface area contributed by atoms with E-state index in [1.165, 1.54) is 36.8 Å². The first-order valence-corrected chi connectivity index (χ1v) is 10.7. The molecule has 6 atom stereocenters. The summed E-state index contributed by atoms with van der Waals surface area (Å²) in [5.74, 6) is 4.26. The van der Waals surface area contributed by atoms with E-state index in [1.807, 2.05) is 0 Å². The van der Waals surface area contributed by atoms with Gasteiger partial charge in [-0.3, -0.25) is 0 Å². The first-order valence-electron chi connectivity index (χ1n) is 10.7. The fraction of sp³-hybridized carbons (Fsp3) is 0.760. The minimum Gasteiger partial charge on any atom is -0.0619 e. The van der Waals surface area contributed by atoms with Crippen LogP contribution in [-0.2, 0) is 6.42 Å². The first kappa shape index (κ1) is 17.6. The van der Waals surface area contributed by atoms with Gasteiger partial charge in [0.15, 0.2) is 0 Å². The lowest BCUT2D eigenvalue weighted by Crippen LogP contribution is -2.50. The maximum atomic E-state index is 2.64. The van der Waals surface area contributed by atoms with Crippen molar-refractivity contribution in [2.75, 3.05) is 0 Å². The van der Waals surface area contributed by atoms with Crippen molar-refractivity contribution in [2.24, 2.45) is 34.5 Å². The van der Waals surface area contributed by atoms with Gasteiger partial charge in [-0.25, -0.2) is 0 Å². The third-order valence-corrected chi connectivity index (χ3v) is 9.55. The highest BCUT2D eigenvalue weighted by Crippen LogP contribution is 2.69. The highest BCUT2D eigenvalue weighted by molar-refractivity contribution is 5.48. The highest BCUT2D eigenvalue weighted by Gasteiger charge is 2.61. The van der Waals surface area contributed by atoms with Crippen molar-refractivity contribution in [3.05, 3.63) is 33.9 Å². The Hall–Kier alpha value is -0.780. The van der Waals surface area contributed by atoms with Crippen LogP contribution in [0.2, 0.25) is 0 Å². The van der Waals surface area contributed by atoms with Crippen LogP contribution in [0.15, 0.2) is 6.07 Å². The van der Waals surface area contributed by atoms with Crippen LogP contribution in [-0.4, -0.2) is 0 Å². The third-order valence-electron chi connectivity index (χ3n) is 9.55. The van der Waals surface area contributed by atoms with E-state index in [4.69, 9.17) is 0 Å². The summed E-state index contributed by atoms with van der Waals surface area (Å²) in [6.07, 6.45) is 5.61. The molecule has 0 heterocycles. The summed E-state index contributed by atoms with van der Waals surface area (Å²) in [4.78, 5) is 0.